The maximum Gasteiger partial charge on any atom is 0.221 e. The summed E-state index contributed by atoms with van der Waals surface area (Å²) in [7, 11) is 2.15. The van der Waals surface area contributed by atoms with Crippen LogP contribution in [0.4, 0.5) is 0 Å². The number of carbonyl (C=O) groups excluding carboxylic acids is 1. The molecule has 1 amide bonds. The van der Waals surface area contributed by atoms with Crippen LogP contribution in [0.1, 0.15) is 19.8 Å². The number of nitrogens with one attached hydrogen (secondary N) is 2. The van der Waals surface area contributed by atoms with Crippen LogP contribution in [0.15, 0.2) is 0 Å². The fourth-order valence-corrected chi connectivity index (χ4v) is 3.76. The van der Waals surface area contributed by atoms with E-state index in [0.29, 0.717) is 24.4 Å². The molecule has 0 spiro atoms. The van der Waals surface area contributed by atoms with Gasteiger partial charge in [-0.25, -0.2) is 0 Å². The topological polar surface area (TPSA) is 44.4 Å². The SMILES string of the molecule is CC1CN(C)CCC1NC(=O)CC1CSCCN1. The van der Waals surface area contributed by atoms with Gasteiger partial charge in [0.2, 0.25) is 5.91 Å². The maximum absolute atomic E-state index is 12.0. The molecule has 18 heavy (non-hydrogen) atoms. The molecule has 2 heterocycles. The fourth-order valence-electron chi connectivity index (χ4n) is 2.81. The van der Waals surface area contributed by atoms with Crippen LogP contribution >= 0.6 is 11.8 Å². The van der Waals surface area contributed by atoms with Gasteiger partial charge in [0.1, 0.15) is 0 Å². The third-order valence-corrected chi connectivity index (χ3v) is 5.02. The molecule has 0 aromatic carbocycles. The quantitative estimate of drug-likeness (QED) is 0.786. The van der Waals surface area contributed by atoms with Crippen molar-refractivity contribution in [2.75, 3.05) is 38.2 Å². The van der Waals surface area contributed by atoms with Crippen LogP contribution in [0, 0.1) is 5.92 Å². The Bertz CT molecular complexity index is 281. The fraction of sp³-hybridized carbons (Fsp3) is 0.923. The molecule has 2 aliphatic rings. The monoisotopic (exact) mass is 271 g/mol. The molecular weight excluding hydrogens is 246 g/mol. The minimum atomic E-state index is 0.219. The van der Waals surface area contributed by atoms with Crippen LogP contribution in [0.3, 0.4) is 0 Å². The lowest BCUT2D eigenvalue weighted by Crippen LogP contribution is -2.50. The van der Waals surface area contributed by atoms with Gasteiger partial charge in [-0.15, -0.1) is 0 Å². The predicted octanol–water partition coefficient (Wildman–Crippen LogP) is 0.538. The van der Waals surface area contributed by atoms with Crippen LogP contribution in [0.2, 0.25) is 0 Å². The summed E-state index contributed by atoms with van der Waals surface area (Å²) in [6.07, 6.45) is 1.71. The molecule has 2 N–H and O–H groups in total. The van der Waals surface area contributed by atoms with Gasteiger partial charge in [-0.3, -0.25) is 4.79 Å². The van der Waals surface area contributed by atoms with Crippen LogP contribution in [0.25, 0.3) is 0 Å². The van der Waals surface area contributed by atoms with E-state index in [2.05, 4.69) is 29.5 Å². The van der Waals surface area contributed by atoms with Gasteiger partial charge in [0.05, 0.1) is 0 Å². The van der Waals surface area contributed by atoms with Crippen molar-refractivity contribution in [1.29, 1.82) is 0 Å². The van der Waals surface area contributed by atoms with Crippen molar-refractivity contribution in [3.05, 3.63) is 0 Å². The van der Waals surface area contributed by atoms with Gasteiger partial charge in [-0.1, -0.05) is 6.92 Å². The Morgan fingerprint density at radius 1 is 1.56 bits per heavy atom. The molecule has 0 aliphatic carbocycles. The highest BCUT2D eigenvalue weighted by Gasteiger charge is 2.26. The molecule has 3 unspecified atom stereocenters. The lowest BCUT2D eigenvalue weighted by atomic mass is 9.94. The van der Waals surface area contributed by atoms with E-state index in [1.807, 2.05) is 11.8 Å². The van der Waals surface area contributed by atoms with Crippen molar-refractivity contribution in [2.24, 2.45) is 5.92 Å². The first-order valence-corrected chi connectivity index (χ1v) is 8.09. The van der Waals surface area contributed by atoms with Gasteiger partial charge in [-0.2, -0.15) is 11.8 Å². The highest BCUT2D eigenvalue weighted by molar-refractivity contribution is 7.99. The number of nitrogens with zero attached hydrogens (tertiary/aromatic N) is 1. The van der Waals surface area contributed by atoms with Gasteiger partial charge >= 0.3 is 0 Å². The molecule has 0 saturated carbocycles. The lowest BCUT2D eigenvalue weighted by Gasteiger charge is -2.35. The molecule has 5 heteroatoms. The van der Waals surface area contributed by atoms with E-state index in [4.69, 9.17) is 0 Å². The number of likely N-dealkylation sites (tertiary alicyclic amines) is 1. The minimum Gasteiger partial charge on any atom is -0.353 e. The molecule has 4 nitrogen and oxygen atoms in total. The van der Waals surface area contributed by atoms with Crippen molar-refractivity contribution in [3.63, 3.8) is 0 Å². The Morgan fingerprint density at radius 3 is 3.06 bits per heavy atom. The second-order valence-corrected chi connectivity index (χ2v) is 6.78. The third-order valence-electron chi connectivity index (χ3n) is 3.88. The third kappa shape index (κ3) is 4.14. The predicted molar refractivity (Wildman–Crippen MR) is 76.9 cm³/mol. The number of hydrogen-bond acceptors (Lipinski definition) is 4. The van der Waals surface area contributed by atoms with Gasteiger partial charge in [0, 0.05) is 43.1 Å². The first kappa shape index (κ1) is 14.2. The average Bonchev–Trinajstić information content (AvgIpc) is 2.34. The average molecular weight is 271 g/mol. The maximum atomic E-state index is 12.0. The van der Waals surface area contributed by atoms with Crippen molar-refractivity contribution in [1.82, 2.24) is 15.5 Å². The molecular formula is C13H25N3OS. The van der Waals surface area contributed by atoms with E-state index in [9.17, 15) is 4.79 Å². The zero-order chi connectivity index (χ0) is 13.0. The molecule has 3 atom stereocenters. The Balaban J connectivity index is 1.73. The van der Waals surface area contributed by atoms with E-state index in [0.717, 1.165) is 31.8 Å². The number of carbonyl (C=O) groups is 1. The van der Waals surface area contributed by atoms with Crippen molar-refractivity contribution in [3.8, 4) is 0 Å². The van der Waals surface area contributed by atoms with Crippen LogP contribution in [-0.2, 0) is 4.79 Å². The van der Waals surface area contributed by atoms with Gasteiger partial charge in [0.25, 0.3) is 0 Å². The Labute approximate surface area is 114 Å². The van der Waals surface area contributed by atoms with E-state index < -0.39 is 0 Å². The molecule has 0 radical (unpaired) electrons. The zero-order valence-corrected chi connectivity index (χ0v) is 12.3. The van der Waals surface area contributed by atoms with E-state index in [1.54, 1.807) is 0 Å². The Morgan fingerprint density at radius 2 is 2.39 bits per heavy atom. The number of hydrogen-bond donors (Lipinski definition) is 2. The molecule has 2 saturated heterocycles. The normalized spacial score (nSPS) is 34.2. The molecule has 2 aliphatic heterocycles. The lowest BCUT2D eigenvalue weighted by molar-refractivity contribution is -0.122. The second-order valence-electron chi connectivity index (χ2n) is 5.63. The van der Waals surface area contributed by atoms with Gasteiger partial charge < -0.3 is 15.5 Å². The summed E-state index contributed by atoms with van der Waals surface area (Å²) in [5, 5.41) is 6.64. The van der Waals surface area contributed by atoms with Crippen LogP contribution in [-0.4, -0.2) is 61.1 Å². The number of rotatable bonds is 3. The molecule has 104 valence electrons. The van der Waals surface area contributed by atoms with E-state index in [-0.39, 0.29) is 5.91 Å². The van der Waals surface area contributed by atoms with Crippen LogP contribution in [0.5, 0.6) is 0 Å². The molecule has 0 bridgehead atoms. The van der Waals surface area contributed by atoms with E-state index in [1.165, 1.54) is 5.75 Å². The first-order valence-electron chi connectivity index (χ1n) is 6.94. The number of amides is 1. The minimum absolute atomic E-state index is 0.219. The Kier molecular flexibility index (Phi) is 5.33. The summed E-state index contributed by atoms with van der Waals surface area (Å²) >= 11 is 1.94. The standard InChI is InChI=1S/C13H25N3OS/c1-10-8-16(2)5-3-12(10)15-13(17)7-11-9-18-6-4-14-11/h10-12,14H,3-9H2,1-2H3,(H,15,17). The van der Waals surface area contributed by atoms with Crippen molar-refractivity contribution < 1.29 is 4.79 Å². The van der Waals surface area contributed by atoms with E-state index >= 15 is 0 Å². The summed E-state index contributed by atoms with van der Waals surface area (Å²) in [6, 6.07) is 0.732. The second kappa shape index (κ2) is 6.78. The summed E-state index contributed by atoms with van der Waals surface area (Å²) in [4.78, 5) is 14.4. The summed E-state index contributed by atoms with van der Waals surface area (Å²) in [5.74, 6) is 3.01. The molecule has 2 fully saturated rings. The Hall–Kier alpha value is -0.260. The first-order chi connectivity index (χ1) is 8.65. The highest BCUT2D eigenvalue weighted by Crippen LogP contribution is 2.16. The summed E-state index contributed by atoms with van der Waals surface area (Å²) in [6.45, 7) is 5.44. The summed E-state index contributed by atoms with van der Waals surface area (Å²) < 4.78 is 0. The van der Waals surface area contributed by atoms with Gasteiger partial charge in [0.15, 0.2) is 0 Å². The zero-order valence-electron chi connectivity index (χ0n) is 11.4. The summed E-state index contributed by atoms with van der Waals surface area (Å²) in [5.41, 5.74) is 0. The number of thioether (sulfide) groups is 1. The smallest absolute Gasteiger partial charge is 0.221 e. The van der Waals surface area contributed by atoms with Gasteiger partial charge in [-0.05, 0) is 25.9 Å². The largest absolute Gasteiger partial charge is 0.353 e. The van der Waals surface area contributed by atoms with Crippen molar-refractivity contribution >= 4 is 17.7 Å². The highest BCUT2D eigenvalue weighted by atomic mass is 32.2. The van der Waals surface area contributed by atoms with Crippen molar-refractivity contribution in [2.45, 2.75) is 31.8 Å². The molecule has 0 aromatic heterocycles. The molecule has 2 rings (SSSR count). The molecule has 0 aromatic rings. The number of piperidine rings is 1. The van der Waals surface area contributed by atoms with Crippen LogP contribution < -0.4 is 10.6 Å².